The van der Waals surface area contributed by atoms with Crippen LogP contribution in [-0.2, 0) is 13.0 Å². The van der Waals surface area contributed by atoms with E-state index in [-0.39, 0.29) is 5.82 Å². The summed E-state index contributed by atoms with van der Waals surface area (Å²) in [6.07, 6.45) is 0.793. The lowest BCUT2D eigenvalue weighted by Gasteiger charge is -2.36. The number of anilines is 1. The number of hydrogen-bond donors (Lipinski definition) is 2. The minimum absolute atomic E-state index is 0.215. The number of piperazine rings is 1. The van der Waals surface area contributed by atoms with Gasteiger partial charge in [-0.15, -0.1) is 0 Å². The predicted octanol–water partition coefficient (Wildman–Crippen LogP) is 1.14. The van der Waals surface area contributed by atoms with Crippen molar-refractivity contribution >= 4 is 11.6 Å². The number of H-pyrrole nitrogens is 1. The van der Waals surface area contributed by atoms with Crippen molar-refractivity contribution in [2.45, 2.75) is 19.9 Å². The Bertz CT molecular complexity index is 687. The Hall–Kier alpha value is -2.64. The van der Waals surface area contributed by atoms with Crippen molar-refractivity contribution in [1.82, 2.24) is 20.1 Å². The van der Waals surface area contributed by atoms with Gasteiger partial charge in [0, 0.05) is 38.3 Å². The van der Waals surface area contributed by atoms with Crippen LogP contribution in [0.5, 0.6) is 0 Å². The van der Waals surface area contributed by atoms with Gasteiger partial charge < -0.3 is 15.5 Å². The van der Waals surface area contributed by atoms with Crippen LogP contribution in [0.2, 0.25) is 0 Å². The van der Waals surface area contributed by atoms with Gasteiger partial charge in [-0.25, -0.2) is 14.4 Å². The number of halogens is 1. The number of hydrogen-bond acceptors (Lipinski definition) is 4. The number of nitrogens with one attached hydrogen (secondary N) is 1. The van der Waals surface area contributed by atoms with Crippen LogP contribution in [0.3, 0.4) is 0 Å². The fourth-order valence-electron chi connectivity index (χ4n) is 2.67. The lowest BCUT2D eigenvalue weighted by atomic mass is 10.2. The topological polar surface area (TPSA) is 86.4 Å². The summed E-state index contributed by atoms with van der Waals surface area (Å²) in [4.78, 5) is 13.0. The third-order valence-corrected chi connectivity index (χ3v) is 4.08. The lowest BCUT2D eigenvalue weighted by Crippen LogP contribution is -2.51. The maximum Gasteiger partial charge on any atom is 0.191 e. The molecule has 3 N–H and O–H groups in total. The monoisotopic (exact) mass is 331 g/mol. The second-order valence-electron chi connectivity index (χ2n) is 5.68. The Morgan fingerprint density at radius 2 is 1.96 bits per heavy atom. The van der Waals surface area contributed by atoms with Crippen molar-refractivity contribution in [3.63, 3.8) is 0 Å². The molecule has 0 unspecified atom stereocenters. The molecule has 128 valence electrons. The summed E-state index contributed by atoms with van der Waals surface area (Å²) in [6.45, 7) is 5.61. The standard InChI is InChI=1S/C16H22FN7/c1-2-14-20-15(22-21-14)11-19-16(18)24-9-7-23(8-10-24)13-5-3-12(17)4-6-13/h3-6H,2,7-11H2,1H3,(H2,18,19)(H,20,21,22). The summed E-state index contributed by atoms with van der Waals surface area (Å²) in [5, 5.41) is 6.95. The first-order chi connectivity index (χ1) is 11.7. The van der Waals surface area contributed by atoms with E-state index in [9.17, 15) is 4.39 Å². The minimum atomic E-state index is -0.215. The molecule has 1 aromatic heterocycles. The summed E-state index contributed by atoms with van der Waals surface area (Å²) < 4.78 is 13.0. The molecule has 2 aromatic rings. The highest BCUT2D eigenvalue weighted by Crippen LogP contribution is 2.16. The molecule has 0 aliphatic carbocycles. The van der Waals surface area contributed by atoms with E-state index in [1.165, 1.54) is 12.1 Å². The van der Waals surface area contributed by atoms with E-state index < -0.39 is 0 Å². The van der Waals surface area contributed by atoms with Crippen LogP contribution in [0.15, 0.2) is 29.3 Å². The van der Waals surface area contributed by atoms with E-state index in [0.29, 0.717) is 12.5 Å². The van der Waals surface area contributed by atoms with Gasteiger partial charge in [0.05, 0.1) is 0 Å². The highest BCUT2D eigenvalue weighted by atomic mass is 19.1. The SMILES string of the molecule is CCc1n[nH]c(CN=C(N)N2CCN(c3ccc(F)cc3)CC2)n1. The van der Waals surface area contributed by atoms with Gasteiger partial charge in [-0.3, -0.25) is 5.10 Å². The van der Waals surface area contributed by atoms with E-state index in [4.69, 9.17) is 5.73 Å². The molecule has 0 spiro atoms. The van der Waals surface area contributed by atoms with Gasteiger partial charge in [-0.1, -0.05) is 6.92 Å². The van der Waals surface area contributed by atoms with Crippen molar-refractivity contribution in [3.8, 4) is 0 Å². The highest BCUT2D eigenvalue weighted by Gasteiger charge is 2.18. The Morgan fingerprint density at radius 1 is 1.25 bits per heavy atom. The highest BCUT2D eigenvalue weighted by molar-refractivity contribution is 5.78. The third kappa shape index (κ3) is 3.81. The third-order valence-electron chi connectivity index (χ3n) is 4.08. The van der Waals surface area contributed by atoms with E-state index in [2.05, 4.69) is 30.0 Å². The van der Waals surface area contributed by atoms with E-state index >= 15 is 0 Å². The molecule has 0 bridgehead atoms. The summed E-state index contributed by atoms with van der Waals surface area (Å²) in [7, 11) is 0. The number of aromatic amines is 1. The van der Waals surface area contributed by atoms with Crippen LogP contribution in [0.4, 0.5) is 10.1 Å². The van der Waals surface area contributed by atoms with Crippen molar-refractivity contribution < 1.29 is 4.39 Å². The first kappa shape index (κ1) is 16.2. The number of aromatic nitrogens is 3. The number of rotatable bonds is 4. The molecule has 0 amide bonds. The number of nitrogens with two attached hydrogens (primary N) is 1. The number of nitrogens with zero attached hydrogens (tertiary/aromatic N) is 5. The quantitative estimate of drug-likeness (QED) is 0.648. The van der Waals surface area contributed by atoms with E-state index in [1.807, 2.05) is 6.92 Å². The summed E-state index contributed by atoms with van der Waals surface area (Å²) in [5.41, 5.74) is 7.11. The fraction of sp³-hybridized carbons (Fsp3) is 0.438. The molecule has 24 heavy (non-hydrogen) atoms. The normalized spacial score (nSPS) is 15.8. The van der Waals surface area contributed by atoms with E-state index in [0.717, 1.165) is 49.9 Å². The van der Waals surface area contributed by atoms with Crippen LogP contribution in [0.1, 0.15) is 18.6 Å². The summed E-state index contributed by atoms with van der Waals surface area (Å²) >= 11 is 0. The van der Waals surface area contributed by atoms with Gasteiger partial charge in [0.15, 0.2) is 11.8 Å². The average Bonchev–Trinajstić information content (AvgIpc) is 3.09. The molecule has 8 heteroatoms. The molecular formula is C16H22FN7. The molecule has 1 aromatic carbocycles. The zero-order valence-corrected chi connectivity index (χ0v) is 13.7. The maximum atomic E-state index is 13.0. The second-order valence-corrected chi connectivity index (χ2v) is 5.68. The Morgan fingerprint density at radius 3 is 2.58 bits per heavy atom. The van der Waals surface area contributed by atoms with Gasteiger partial charge in [0.25, 0.3) is 0 Å². The average molecular weight is 331 g/mol. The van der Waals surface area contributed by atoms with Crippen LogP contribution in [0.25, 0.3) is 0 Å². The molecule has 0 atom stereocenters. The van der Waals surface area contributed by atoms with Crippen molar-refractivity contribution in [2.75, 3.05) is 31.1 Å². The Kier molecular flexibility index (Phi) is 4.93. The van der Waals surface area contributed by atoms with Crippen LogP contribution >= 0.6 is 0 Å². The van der Waals surface area contributed by atoms with Crippen molar-refractivity contribution in [3.05, 3.63) is 41.7 Å². The second kappa shape index (κ2) is 7.29. The summed E-state index contributed by atoms with van der Waals surface area (Å²) in [5.74, 6) is 1.81. The minimum Gasteiger partial charge on any atom is -0.370 e. The van der Waals surface area contributed by atoms with Crippen LogP contribution < -0.4 is 10.6 Å². The van der Waals surface area contributed by atoms with Gasteiger partial charge in [0.2, 0.25) is 0 Å². The molecule has 0 saturated carbocycles. The zero-order chi connectivity index (χ0) is 16.9. The lowest BCUT2D eigenvalue weighted by molar-refractivity contribution is 0.380. The number of aliphatic imine (C=N–C) groups is 1. The smallest absolute Gasteiger partial charge is 0.191 e. The molecular weight excluding hydrogens is 309 g/mol. The zero-order valence-electron chi connectivity index (χ0n) is 13.7. The first-order valence-electron chi connectivity index (χ1n) is 8.11. The molecule has 1 aliphatic heterocycles. The molecule has 1 saturated heterocycles. The van der Waals surface area contributed by atoms with Crippen LogP contribution in [0, 0.1) is 5.82 Å². The molecule has 3 rings (SSSR count). The van der Waals surface area contributed by atoms with Gasteiger partial charge in [0.1, 0.15) is 18.2 Å². The van der Waals surface area contributed by atoms with Crippen LogP contribution in [-0.4, -0.2) is 52.2 Å². The van der Waals surface area contributed by atoms with Gasteiger partial charge in [-0.05, 0) is 24.3 Å². The summed E-state index contributed by atoms with van der Waals surface area (Å²) in [6, 6.07) is 6.58. The number of benzene rings is 1. The molecule has 1 fully saturated rings. The maximum absolute atomic E-state index is 13.0. The molecule has 7 nitrogen and oxygen atoms in total. The van der Waals surface area contributed by atoms with E-state index in [1.54, 1.807) is 12.1 Å². The fourth-order valence-corrected chi connectivity index (χ4v) is 2.67. The molecule has 1 aliphatic rings. The van der Waals surface area contributed by atoms with Crippen molar-refractivity contribution in [2.24, 2.45) is 10.7 Å². The predicted molar refractivity (Wildman–Crippen MR) is 91.3 cm³/mol. The number of guanidine groups is 1. The number of aryl methyl sites for hydroxylation is 1. The molecule has 0 radical (unpaired) electrons. The Balaban J connectivity index is 1.53. The largest absolute Gasteiger partial charge is 0.370 e. The van der Waals surface area contributed by atoms with Gasteiger partial charge in [-0.2, -0.15) is 5.10 Å². The molecule has 2 heterocycles. The van der Waals surface area contributed by atoms with Crippen molar-refractivity contribution in [1.29, 1.82) is 0 Å². The van der Waals surface area contributed by atoms with Gasteiger partial charge >= 0.3 is 0 Å². The Labute approximate surface area is 140 Å². The first-order valence-corrected chi connectivity index (χ1v) is 8.11.